The number of primary amides is 1. The minimum atomic E-state index is -4.44. The Hall–Kier alpha value is -3.43. The van der Waals surface area contributed by atoms with Crippen LogP contribution in [-0.2, 0) is 18.0 Å². The van der Waals surface area contributed by atoms with Crippen molar-refractivity contribution in [3.63, 3.8) is 0 Å². The van der Waals surface area contributed by atoms with Gasteiger partial charge in [0.1, 0.15) is 11.2 Å². The molecule has 0 aliphatic carbocycles. The van der Waals surface area contributed by atoms with E-state index in [1.807, 2.05) is 0 Å². The van der Waals surface area contributed by atoms with E-state index < -0.39 is 17.6 Å². The fraction of sp³-hybridized carbons (Fsp3) is 0.222. The summed E-state index contributed by atoms with van der Waals surface area (Å²) in [5, 5.41) is 3.05. The van der Waals surface area contributed by atoms with Crippen LogP contribution in [0.25, 0.3) is 22.0 Å². The first kappa shape index (κ1) is 19.3. The Labute approximate surface area is 157 Å². The number of halogens is 3. The maximum atomic E-state index is 12.8. The van der Waals surface area contributed by atoms with Gasteiger partial charge in [0.15, 0.2) is 0 Å². The average molecular weight is 391 g/mol. The molecule has 7 nitrogen and oxygen atoms in total. The highest BCUT2D eigenvalue weighted by Gasteiger charge is 2.30. The second-order valence-corrected chi connectivity index (χ2v) is 6.12. The number of anilines is 1. The molecule has 2 aromatic heterocycles. The van der Waals surface area contributed by atoms with Crippen molar-refractivity contribution in [1.29, 1.82) is 0 Å². The molecular formula is C18H16F3N5O2. The molecule has 0 bridgehead atoms. The van der Waals surface area contributed by atoms with Crippen molar-refractivity contribution in [2.24, 2.45) is 12.8 Å². The van der Waals surface area contributed by atoms with Crippen LogP contribution in [0.5, 0.6) is 0 Å². The zero-order valence-electron chi connectivity index (χ0n) is 14.7. The molecule has 0 aliphatic heterocycles. The Morgan fingerprint density at radius 3 is 2.50 bits per heavy atom. The number of aromatic nitrogens is 3. The summed E-state index contributed by atoms with van der Waals surface area (Å²) in [4.78, 5) is 32.0. The van der Waals surface area contributed by atoms with Gasteiger partial charge in [-0.1, -0.05) is 12.1 Å². The maximum Gasteiger partial charge on any atom is 0.416 e. The third-order valence-electron chi connectivity index (χ3n) is 4.13. The van der Waals surface area contributed by atoms with Crippen LogP contribution < -0.4 is 16.6 Å². The number of hydrogen-bond donors (Lipinski definition) is 2. The van der Waals surface area contributed by atoms with Crippen molar-refractivity contribution in [2.45, 2.75) is 12.6 Å². The predicted molar refractivity (Wildman–Crippen MR) is 97.5 cm³/mol. The third kappa shape index (κ3) is 3.80. The zero-order valence-corrected chi connectivity index (χ0v) is 14.7. The Morgan fingerprint density at radius 2 is 1.89 bits per heavy atom. The lowest BCUT2D eigenvalue weighted by Gasteiger charge is -2.12. The fourth-order valence-electron chi connectivity index (χ4n) is 2.70. The lowest BCUT2D eigenvalue weighted by atomic mass is 10.0. The standard InChI is InChI=1S/C18H16F3N5O2/c1-26-9-25-15-12(10-2-4-11(5-3-10)18(19,20)21)8-24-16(14(15)17(26)28)23-7-6-13(22)27/h2-5,8-9H,6-7H2,1H3,(H2,22,27)(H,23,24). The van der Waals surface area contributed by atoms with E-state index in [0.717, 1.165) is 12.1 Å². The van der Waals surface area contributed by atoms with Gasteiger partial charge in [-0.05, 0) is 17.7 Å². The van der Waals surface area contributed by atoms with Gasteiger partial charge in [0, 0.05) is 31.8 Å². The van der Waals surface area contributed by atoms with Gasteiger partial charge in [0.05, 0.1) is 17.4 Å². The van der Waals surface area contributed by atoms with Gasteiger partial charge in [-0.15, -0.1) is 0 Å². The molecule has 0 saturated carbocycles. The van der Waals surface area contributed by atoms with Gasteiger partial charge in [-0.25, -0.2) is 9.97 Å². The van der Waals surface area contributed by atoms with E-state index in [4.69, 9.17) is 5.73 Å². The van der Waals surface area contributed by atoms with Crippen molar-refractivity contribution < 1.29 is 18.0 Å². The Bertz CT molecular complexity index is 1090. The van der Waals surface area contributed by atoms with Gasteiger partial charge in [-0.3, -0.25) is 9.59 Å². The Morgan fingerprint density at radius 1 is 1.21 bits per heavy atom. The number of nitrogens with one attached hydrogen (secondary N) is 1. The number of fused-ring (bicyclic) bond motifs is 1. The van der Waals surface area contributed by atoms with E-state index in [2.05, 4.69) is 15.3 Å². The van der Waals surface area contributed by atoms with Crippen LogP contribution in [0.15, 0.2) is 41.6 Å². The Balaban J connectivity index is 2.11. The summed E-state index contributed by atoms with van der Waals surface area (Å²) in [7, 11) is 1.52. The number of nitrogens with zero attached hydrogens (tertiary/aromatic N) is 3. The number of pyridine rings is 1. The van der Waals surface area contributed by atoms with Crippen LogP contribution >= 0.6 is 0 Å². The molecular weight excluding hydrogens is 375 g/mol. The van der Waals surface area contributed by atoms with E-state index in [9.17, 15) is 22.8 Å². The first-order chi connectivity index (χ1) is 13.2. The van der Waals surface area contributed by atoms with Gasteiger partial charge >= 0.3 is 6.18 Å². The monoisotopic (exact) mass is 391 g/mol. The molecule has 146 valence electrons. The number of carbonyl (C=O) groups is 1. The minimum Gasteiger partial charge on any atom is -0.370 e. The molecule has 2 heterocycles. The molecule has 0 radical (unpaired) electrons. The molecule has 0 atom stereocenters. The summed E-state index contributed by atoms with van der Waals surface area (Å²) >= 11 is 0. The van der Waals surface area contributed by atoms with Gasteiger partial charge in [0.25, 0.3) is 5.56 Å². The first-order valence-corrected chi connectivity index (χ1v) is 8.22. The van der Waals surface area contributed by atoms with Crippen LogP contribution in [0.4, 0.5) is 19.0 Å². The van der Waals surface area contributed by atoms with Crippen LogP contribution in [0.3, 0.4) is 0 Å². The third-order valence-corrected chi connectivity index (χ3v) is 4.13. The van der Waals surface area contributed by atoms with Gasteiger partial charge in [-0.2, -0.15) is 13.2 Å². The smallest absolute Gasteiger partial charge is 0.370 e. The van der Waals surface area contributed by atoms with Crippen LogP contribution in [0, 0.1) is 0 Å². The molecule has 0 aliphatic rings. The molecule has 1 aromatic carbocycles. The van der Waals surface area contributed by atoms with E-state index >= 15 is 0 Å². The molecule has 0 fully saturated rings. The van der Waals surface area contributed by atoms with E-state index in [0.29, 0.717) is 16.6 Å². The fourth-order valence-corrected chi connectivity index (χ4v) is 2.70. The lowest BCUT2D eigenvalue weighted by Crippen LogP contribution is -2.21. The van der Waals surface area contributed by atoms with E-state index in [1.165, 1.54) is 36.3 Å². The molecule has 3 N–H and O–H groups in total. The largest absolute Gasteiger partial charge is 0.416 e. The number of rotatable bonds is 5. The molecule has 0 saturated heterocycles. The summed E-state index contributed by atoms with van der Waals surface area (Å²) in [6.45, 7) is 0.176. The number of hydrogen-bond acceptors (Lipinski definition) is 5. The summed E-state index contributed by atoms with van der Waals surface area (Å²) in [6.07, 6.45) is -1.65. The van der Waals surface area contributed by atoms with Gasteiger partial charge < -0.3 is 15.6 Å². The second-order valence-electron chi connectivity index (χ2n) is 6.12. The summed E-state index contributed by atoms with van der Waals surface area (Å²) in [5.74, 6) is -0.287. The highest BCUT2D eigenvalue weighted by atomic mass is 19.4. The molecule has 28 heavy (non-hydrogen) atoms. The molecule has 3 aromatic rings. The molecule has 3 rings (SSSR count). The molecule has 0 spiro atoms. The van der Waals surface area contributed by atoms with Gasteiger partial charge in [0.2, 0.25) is 5.91 Å². The average Bonchev–Trinajstić information content (AvgIpc) is 2.64. The number of alkyl halides is 3. The molecule has 1 amide bonds. The number of aryl methyl sites for hydroxylation is 1. The van der Waals surface area contributed by atoms with Crippen LogP contribution in [0.1, 0.15) is 12.0 Å². The predicted octanol–water partition coefficient (Wildman–Crippen LogP) is 2.30. The molecule has 0 unspecified atom stereocenters. The second kappa shape index (κ2) is 7.29. The van der Waals surface area contributed by atoms with Crippen molar-refractivity contribution in [3.05, 3.63) is 52.7 Å². The van der Waals surface area contributed by atoms with Crippen molar-refractivity contribution in [1.82, 2.24) is 14.5 Å². The topological polar surface area (TPSA) is 103 Å². The number of amides is 1. The van der Waals surface area contributed by atoms with Crippen molar-refractivity contribution in [2.75, 3.05) is 11.9 Å². The van der Waals surface area contributed by atoms with Crippen molar-refractivity contribution in [3.8, 4) is 11.1 Å². The zero-order chi connectivity index (χ0) is 20.5. The van der Waals surface area contributed by atoms with Crippen LogP contribution in [-0.4, -0.2) is 27.0 Å². The summed E-state index contributed by atoms with van der Waals surface area (Å²) < 4.78 is 39.6. The Kier molecular flexibility index (Phi) is 5.04. The normalized spacial score (nSPS) is 11.6. The van der Waals surface area contributed by atoms with E-state index in [1.54, 1.807) is 0 Å². The van der Waals surface area contributed by atoms with Crippen molar-refractivity contribution >= 4 is 22.6 Å². The van der Waals surface area contributed by atoms with E-state index in [-0.39, 0.29) is 29.7 Å². The molecule has 10 heteroatoms. The maximum absolute atomic E-state index is 12.8. The highest BCUT2D eigenvalue weighted by molar-refractivity contribution is 5.98. The lowest BCUT2D eigenvalue weighted by molar-refractivity contribution is -0.137. The number of carbonyl (C=O) groups excluding carboxylic acids is 1. The number of nitrogens with two attached hydrogens (primary N) is 1. The SMILES string of the molecule is Cn1cnc2c(-c3ccc(C(F)(F)F)cc3)cnc(NCCC(N)=O)c2c1=O. The first-order valence-electron chi connectivity index (χ1n) is 8.22. The minimum absolute atomic E-state index is 0.0460. The van der Waals surface area contributed by atoms with Crippen LogP contribution in [0.2, 0.25) is 0 Å². The summed E-state index contributed by atoms with van der Waals surface area (Å²) in [5.41, 5.74) is 5.10. The quantitative estimate of drug-likeness (QED) is 0.695. The summed E-state index contributed by atoms with van der Waals surface area (Å²) in [6, 6.07) is 4.53. The number of benzene rings is 1. The highest BCUT2D eigenvalue weighted by Crippen LogP contribution is 2.33.